The van der Waals surface area contributed by atoms with Crippen LogP contribution in [0.2, 0.25) is 0 Å². The summed E-state index contributed by atoms with van der Waals surface area (Å²) in [7, 11) is 0. The average Bonchev–Trinajstić information content (AvgIpc) is 2.91. The van der Waals surface area contributed by atoms with Gasteiger partial charge in [0.15, 0.2) is 0 Å². The molecule has 2 atom stereocenters. The van der Waals surface area contributed by atoms with Gasteiger partial charge in [0, 0.05) is 24.6 Å². The Balaban J connectivity index is 1.55. The molecule has 0 bridgehead atoms. The Labute approximate surface area is 207 Å². The molecule has 35 heavy (non-hydrogen) atoms. The van der Waals surface area contributed by atoms with Gasteiger partial charge in [-0.2, -0.15) is 0 Å². The fourth-order valence-electron chi connectivity index (χ4n) is 4.28. The van der Waals surface area contributed by atoms with Crippen LogP contribution in [0.5, 0.6) is 0 Å². The van der Waals surface area contributed by atoms with Crippen LogP contribution in [0.3, 0.4) is 0 Å². The number of nitrogens with two attached hydrogens (primary N) is 1. The van der Waals surface area contributed by atoms with Crippen LogP contribution >= 0.6 is 0 Å². The predicted molar refractivity (Wildman–Crippen MR) is 143 cm³/mol. The first-order valence-corrected chi connectivity index (χ1v) is 12.1. The maximum Gasteiger partial charge on any atom is 0.251 e. The van der Waals surface area contributed by atoms with Crippen molar-refractivity contribution in [2.24, 2.45) is 11.7 Å². The number of carbonyl (C=O) groups excluding carboxylic acids is 1. The molecule has 0 saturated carbocycles. The molecule has 0 aliphatic rings. The van der Waals surface area contributed by atoms with Crippen molar-refractivity contribution in [1.82, 2.24) is 5.32 Å². The minimum atomic E-state index is -0.227. The summed E-state index contributed by atoms with van der Waals surface area (Å²) < 4.78 is 0. The number of aliphatic hydroxyl groups excluding tert-OH is 1. The number of aliphatic hydroxyl groups is 1. The Bertz CT molecular complexity index is 1280. The third-order valence-corrected chi connectivity index (χ3v) is 6.20. The smallest absolute Gasteiger partial charge is 0.251 e. The van der Waals surface area contributed by atoms with E-state index in [1.807, 2.05) is 60.7 Å². The van der Waals surface area contributed by atoms with Crippen LogP contribution in [0, 0.1) is 5.92 Å². The molecule has 4 N–H and O–H groups in total. The minimum absolute atomic E-state index is 0.0334. The van der Waals surface area contributed by atoms with E-state index in [-0.39, 0.29) is 24.5 Å². The lowest BCUT2D eigenvalue weighted by Crippen LogP contribution is -2.35. The Morgan fingerprint density at radius 2 is 1.51 bits per heavy atom. The maximum atomic E-state index is 13.1. The Kier molecular flexibility index (Phi) is 8.44. The minimum Gasteiger partial charge on any atom is -0.396 e. The highest BCUT2D eigenvalue weighted by Crippen LogP contribution is 2.18. The number of hydrogen-bond acceptors (Lipinski definition) is 3. The molecule has 178 valence electrons. The second-order valence-corrected chi connectivity index (χ2v) is 8.89. The van der Waals surface area contributed by atoms with Crippen molar-refractivity contribution >= 4 is 16.7 Å². The first-order chi connectivity index (χ1) is 17.1. The Morgan fingerprint density at radius 1 is 0.771 bits per heavy atom. The summed E-state index contributed by atoms with van der Waals surface area (Å²) in [5, 5.41) is 15.5. The molecular weight excluding hydrogens is 432 g/mol. The molecule has 4 aromatic rings. The molecule has 0 saturated heterocycles. The van der Waals surface area contributed by atoms with Crippen LogP contribution in [0.15, 0.2) is 109 Å². The zero-order chi connectivity index (χ0) is 24.5. The van der Waals surface area contributed by atoms with Gasteiger partial charge in [-0.15, -0.1) is 0 Å². The van der Waals surface area contributed by atoms with Crippen LogP contribution < -0.4 is 11.1 Å². The van der Waals surface area contributed by atoms with Gasteiger partial charge in [0.1, 0.15) is 0 Å². The summed E-state index contributed by atoms with van der Waals surface area (Å²) in [6.07, 6.45) is 5.43. The second-order valence-electron chi connectivity index (χ2n) is 8.89. The molecule has 2 unspecified atom stereocenters. The molecule has 0 heterocycles. The van der Waals surface area contributed by atoms with Gasteiger partial charge in [0.05, 0.1) is 6.04 Å². The van der Waals surface area contributed by atoms with Crippen LogP contribution in [0.1, 0.15) is 27.0 Å². The highest BCUT2D eigenvalue weighted by atomic mass is 16.3. The van der Waals surface area contributed by atoms with Crippen LogP contribution in [-0.2, 0) is 19.4 Å². The van der Waals surface area contributed by atoms with Gasteiger partial charge in [-0.1, -0.05) is 97.1 Å². The molecule has 0 spiro atoms. The fraction of sp³-hybridized carbons (Fsp3) is 0.194. The lowest BCUT2D eigenvalue weighted by Gasteiger charge is -2.18. The van der Waals surface area contributed by atoms with E-state index in [0.717, 1.165) is 17.5 Å². The predicted octanol–water partition coefficient (Wildman–Crippen LogP) is 5.05. The van der Waals surface area contributed by atoms with Gasteiger partial charge >= 0.3 is 0 Å². The molecule has 4 nitrogen and oxygen atoms in total. The van der Waals surface area contributed by atoms with Crippen molar-refractivity contribution in [1.29, 1.82) is 0 Å². The van der Waals surface area contributed by atoms with Crippen molar-refractivity contribution in [2.45, 2.75) is 25.4 Å². The van der Waals surface area contributed by atoms with Gasteiger partial charge in [0.2, 0.25) is 0 Å². The van der Waals surface area contributed by atoms with Gasteiger partial charge in [0.25, 0.3) is 5.91 Å². The molecule has 0 radical (unpaired) electrons. The molecular formula is C31H32N2O2. The first kappa shape index (κ1) is 24.4. The van der Waals surface area contributed by atoms with Crippen LogP contribution in [0.4, 0.5) is 0 Å². The monoisotopic (exact) mass is 464 g/mol. The van der Waals surface area contributed by atoms with Crippen molar-refractivity contribution in [2.75, 3.05) is 6.61 Å². The van der Waals surface area contributed by atoms with Crippen molar-refractivity contribution in [3.8, 4) is 0 Å². The lowest BCUT2D eigenvalue weighted by atomic mass is 9.96. The summed E-state index contributed by atoms with van der Waals surface area (Å²) >= 11 is 0. The first-order valence-electron chi connectivity index (χ1n) is 12.1. The normalized spacial score (nSPS) is 13.1. The summed E-state index contributed by atoms with van der Waals surface area (Å²) in [5.74, 6) is -0.173. The van der Waals surface area contributed by atoms with Gasteiger partial charge < -0.3 is 16.2 Å². The molecule has 4 rings (SSSR count). The Morgan fingerprint density at radius 3 is 2.29 bits per heavy atom. The largest absolute Gasteiger partial charge is 0.396 e. The highest BCUT2D eigenvalue weighted by molar-refractivity contribution is 5.94. The van der Waals surface area contributed by atoms with Gasteiger partial charge in [-0.05, 0) is 52.4 Å². The van der Waals surface area contributed by atoms with Crippen molar-refractivity contribution < 1.29 is 9.90 Å². The highest BCUT2D eigenvalue weighted by Gasteiger charge is 2.14. The van der Waals surface area contributed by atoms with E-state index in [4.69, 9.17) is 5.73 Å². The zero-order valence-corrected chi connectivity index (χ0v) is 19.8. The van der Waals surface area contributed by atoms with E-state index in [1.54, 1.807) is 6.07 Å². The molecule has 4 aromatic carbocycles. The maximum absolute atomic E-state index is 13.1. The second kappa shape index (κ2) is 12.1. The third-order valence-electron chi connectivity index (χ3n) is 6.20. The number of benzene rings is 4. The number of hydrogen-bond donors (Lipinski definition) is 3. The summed E-state index contributed by atoms with van der Waals surface area (Å²) in [4.78, 5) is 13.1. The molecule has 1 amide bonds. The van der Waals surface area contributed by atoms with Crippen LogP contribution in [-0.4, -0.2) is 23.7 Å². The van der Waals surface area contributed by atoms with E-state index in [2.05, 4.69) is 47.8 Å². The average molecular weight is 465 g/mol. The molecule has 0 aliphatic heterocycles. The van der Waals surface area contributed by atoms with E-state index >= 15 is 0 Å². The van der Waals surface area contributed by atoms with E-state index in [9.17, 15) is 9.90 Å². The zero-order valence-electron chi connectivity index (χ0n) is 19.8. The number of rotatable bonds is 10. The number of carbonyl (C=O) groups is 1. The molecule has 0 aliphatic carbocycles. The van der Waals surface area contributed by atoms with Crippen molar-refractivity contribution in [3.63, 3.8) is 0 Å². The third kappa shape index (κ3) is 6.89. The molecule has 4 heteroatoms. The molecule has 0 aromatic heterocycles. The molecule has 0 fully saturated rings. The summed E-state index contributed by atoms with van der Waals surface area (Å²) in [5.41, 5.74) is 9.58. The van der Waals surface area contributed by atoms with E-state index in [0.29, 0.717) is 18.5 Å². The Hall–Kier alpha value is -3.73. The lowest BCUT2D eigenvalue weighted by molar-refractivity contribution is 0.0944. The summed E-state index contributed by atoms with van der Waals surface area (Å²) in [6, 6.07) is 32.0. The SMILES string of the molecule is NCc1cccc(C(=O)NC(/C=C/C(CO)Cc2ccccc2)Cc2ccc3ccccc3c2)c1. The number of amides is 1. The quantitative estimate of drug-likeness (QED) is 0.288. The topological polar surface area (TPSA) is 75.4 Å². The fourth-order valence-corrected chi connectivity index (χ4v) is 4.28. The van der Waals surface area contributed by atoms with E-state index in [1.165, 1.54) is 16.3 Å². The van der Waals surface area contributed by atoms with Gasteiger partial charge in [-0.3, -0.25) is 4.79 Å². The standard InChI is InChI=1S/C31H32N2O2/c32-21-25-9-6-12-29(19-25)31(35)33-30(16-14-26(22-34)17-23-7-2-1-3-8-23)20-24-13-15-27-10-4-5-11-28(27)18-24/h1-16,18-19,26,30,34H,17,20-22,32H2,(H,33,35)/b16-14+. The number of fused-ring (bicyclic) bond motifs is 1. The van der Waals surface area contributed by atoms with Gasteiger partial charge in [-0.25, -0.2) is 0 Å². The van der Waals surface area contributed by atoms with E-state index < -0.39 is 0 Å². The number of nitrogens with one attached hydrogen (secondary N) is 1. The summed E-state index contributed by atoms with van der Waals surface area (Å²) in [6.45, 7) is 0.430. The van der Waals surface area contributed by atoms with Crippen molar-refractivity contribution in [3.05, 3.63) is 131 Å². The van der Waals surface area contributed by atoms with Crippen LogP contribution in [0.25, 0.3) is 10.8 Å².